The number of fused-ring (bicyclic) bond motifs is 1. The second kappa shape index (κ2) is 9.36. The molecule has 10 heteroatoms. The van der Waals surface area contributed by atoms with Crippen LogP contribution in [0, 0.1) is 0 Å². The van der Waals surface area contributed by atoms with Crippen LogP contribution in [0.3, 0.4) is 0 Å². The van der Waals surface area contributed by atoms with E-state index in [-0.39, 0.29) is 33.3 Å². The van der Waals surface area contributed by atoms with Crippen molar-refractivity contribution in [2.45, 2.75) is 17.7 Å². The van der Waals surface area contributed by atoms with E-state index < -0.39 is 15.9 Å². The summed E-state index contributed by atoms with van der Waals surface area (Å²) >= 11 is 0. The minimum absolute atomic E-state index is 0.0272. The first-order chi connectivity index (χ1) is 16.3. The number of para-hydroxylation sites is 1. The molecule has 0 aromatic heterocycles. The molecule has 0 bridgehead atoms. The van der Waals surface area contributed by atoms with Gasteiger partial charge in [0.25, 0.3) is 15.9 Å². The van der Waals surface area contributed by atoms with Crippen molar-refractivity contribution in [3.05, 3.63) is 83.4 Å². The van der Waals surface area contributed by atoms with Gasteiger partial charge in [0.1, 0.15) is 22.9 Å². The largest absolute Gasteiger partial charge is 0.507 e. The summed E-state index contributed by atoms with van der Waals surface area (Å²) in [6, 6.07) is 13.1. The minimum Gasteiger partial charge on any atom is -0.507 e. The monoisotopic (exact) mass is 479 g/mol. The molecule has 0 radical (unpaired) electrons. The van der Waals surface area contributed by atoms with Crippen LogP contribution in [0.15, 0.2) is 81.9 Å². The van der Waals surface area contributed by atoms with Crippen LogP contribution in [0.25, 0.3) is 0 Å². The standard InChI is InChI=1S/C24H21N3O6S/c1-33-15-10-12-16(13-11-15)34(31,32)27-20-14-21(23(29)18-7-3-2-6-17(18)20)25-26-24(30)19-8-4-5-9-22(19)28/h2-5,8-14,27-29H,6-7H2,1H3. The Balaban J connectivity index is 1.71. The summed E-state index contributed by atoms with van der Waals surface area (Å²) in [5, 5.41) is 28.0. The van der Waals surface area contributed by atoms with E-state index in [1.165, 1.54) is 49.6 Å². The van der Waals surface area contributed by atoms with Crippen LogP contribution in [0.4, 0.5) is 11.4 Å². The molecule has 0 unspecified atom stereocenters. The number of benzene rings is 3. The van der Waals surface area contributed by atoms with Crippen LogP contribution in [0.1, 0.15) is 21.5 Å². The van der Waals surface area contributed by atoms with Crippen LogP contribution in [0.5, 0.6) is 17.2 Å². The first-order valence-corrected chi connectivity index (χ1v) is 11.7. The Morgan fingerprint density at radius 3 is 2.35 bits per heavy atom. The molecule has 1 aliphatic rings. The van der Waals surface area contributed by atoms with E-state index in [9.17, 15) is 23.4 Å². The molecule has 174 valence electrons. The van der Waals surface area contributed by atoms with E-state index in [4.69, 9.17) is 4.74 Å². The second-order valence-electron chi connectivity index (χ2n) is 7.43. The van der Waals surface area contributed by atoms with Gasteiger partial charge in [-0.3, -0.25) is 9.52 Å². The first-order valence-electron chi connectivity index (χ1n) is 10.2. The summed E-state index contributed by atoms with van der Waals surface area (Å²) < 4.78 is 33.6. The van der Waals surface area contributed by atoms with Crippen LogP contribution in [-0.2, 0) is 22.9 Å². The summed E-state index contributed by atoms with van der Waals surface area (Å²) in [4.78, 5) is 12.4. The lowest BCUT2D eigenvalue weighted by Gasteiger charge is -2.20. The summed E-state index contributed by atoms with van der Waals surface area (Å²) in [6.45, 7) is 0. The summed E-state index contributed by atoms with van der Waals surface area (Å²) in [6.07, 6.45) is 4.47. The van der Waals surface area contributed by atoms with Gasteiger partial charge in [-0.25, -0.2) is 8.42 Å². The van der Waals surface area contributed by atoms with Crippen molar-refractivity contribution in [3.8, 4) is 17.2 Å². The molecule has 34 heavy (non-hydrogen) atoms. The average molecular weight is 480 g/mol. The van der Waals surface area contributed by atoms with Gasteiger partial charge in [0.05, 0.1) is 23.3 Å². The Morgan fingerprint density at radius 2 is 1.68 bits per heavy atom. The van der Waals surface area contributed by atoms with Crippen molar-refractivity contribution in [1.29, 1.82) is 0 Å². The molecule has 0 aliphatic heterocycles. The number of ether oxygens (including phenoxy) is 1. The number of nitrogens with zero attached hydrogens (tertiary/aromatic N) is 2. The molecule has 3 N–H and O–H groups in total. The number of hydrogen-bond acceptors (Lipinski definition) is 7. The van der Waals surface area contributed by atoms with Gasteiger partial charge in [0, 0.05) is 5.56 Å². The molecule has 3 aromatic rings. The van der Waals surface area contributed by atoms with Crippen LogP contribution < -0.4 is 9.46 Å². The van der Waals surface area contributed by atoms with Gasteiger partial charge in [0.2, 0.25) is 0 Å². The molecular formula is C24H21N3O6S. The van der Waals surface area contributed by atoms with Crippen LogP contribution in [-0.4, -0.2) is 31.6 Å². The van der Waals surface area contributed by atoms with E-state index in [2.05, 4.69) is 15.0 Å². The molecule has 1 amide bonds. The molecule has 0 heterocycles. The van der Waals surface area contributed by atoms with Gasteiger partial charge < -0.3 is 14.9 Å². The van der Waals surface area contributed by atoms with Crippen molar-refractivity contribution < 1.29 is 28.2 Å². The average Bonchev–Trinajstić information content (AvgIpc) is 2.85. The predicted molar refractivity (Wildman–Crippen MR) is 125 cm³/mol. The van der Waals surface area contributed by atoms with Crippen LogP contribution in [0.2, 0.25) is 0 Å². The molecular weight excluding hydrogens is 458 g/mol. The van der Waals surface area contributed by atoms with Gasteiger partial charge in [-0.1, -0.05) is 24.3 Å². The molecule has 1 aliphatic carbocycles. The number of anilines is 1. The van der Waals surface area contributed by atoms with E-state index in [1.54, 1.807) is 12.1 Å². The Morgan fingerprint density at radius 1 is 1.00 bits per heavy atom. The third-order valence-electron chi connectivity index (χ3n) is 5.31. The Labute approximate surface area is 196 Å². The normalized spacial score (nSPS) is 13.0. The number of rotatable bonds is 6. The lowest BCUT2D eigenvalue weighted by Crippen LogP contribution is -2.15. The van der Waals surface area contributed by atoms with Crippen molar-refractivity contribution >= 4 is 27.3 Å². The fraction of sp³-hybridized carbons (Fsp3) is 0.125. The Kier molecular flexibility index (Phi) is 6.33. The molecule has 9 nitrogen and oxygen atoms in total. The molecule has 0 fully saturated rings. The number of carbonyl (C=O) groups excluding carboxylic acids is 1. The number of carbonyl (C=O) groups is 1. The van der Waals surface area contributed by atoms with E-state index in [0.29, 0.717) is 29.7 Å². The smallest absolute Gasteiger partial charge is 0.299 e. The molecule has 4 rings (SSSR count). The number of phenols is 2. The van der Waals surface area contributed by atoms with E-state index in [0.717, 1.165) is 0 Å². The minimum atomic E-state index is -3.96. The molecule has 0 saturated heterocycles. The highest BCUT2D eigenvalue weighted by Gasteiger charge is 2.23. The van der Waals surface area contributed by atoms with Crippen molar-refractivity contribution in [2.24, 2.45) is 10.2 Å². The van der Waals surface area contributed by atoms with Crippen molar-refractivity contribution in [3.63, 3.8) is 0 Å². The first kappa shape index (κ1) is 23.0. The maximum atomic E-state index is 13.0. The topological polar surface area (TPSA) is 138 Å². The predicted octanol–water partition coefficient (Wildman–Crippen LogP) is 4.49. The third kappa shape index (κ3) is 4.62. The number of hydrogen-bond donors (Lipinski definition) is 3. The number of nitrogens with one attached hydrogen (secondary N) is 1. The van der Waals surface area contributed by atoms with Gasteiger partial charge in [-0.05, 0) is 60.9 Å². The van der Waals surface area contributed by atoms with E-state index >= 15 is 0 Å². The van der Waals surface area contributed by atoms with Gasteiger partial charge in [-0.2, -0.15) is 0 Å². The van der Waals surface area contributed by atoms with E-state index in [1.807, 2.05) is 12.2 Å². The van der Waals surface area contributed by atoms with Crippen molar-refractivity contribution in [2.75, 3.05) is 11.8 Å². The zero-order chi connectivity index (χ0) is 24.3. The fourth-order valence-electron chi connectivity index (χ4n) is 3.54. The number of amides is 1. The highest BCUT2D eigenvalue weighted by atomic mass is 32.2. The zero-order valence-electron chi connectivity index (χ0n) is 18.1. The summed E-state index contributed by atoms with van der Waals surface area (Å²) in [7, 11) is -2.48. The maximum Gasteiger partial charge on any atom is 0.299 e. The molecule has 0 atom stereocenters. The van der Waals surface area contributed by atoms with Gasteiger partial charge in [-0.15, -0.1) is 10.2 Å². The number of sulfonamides is 1. The van der Waals surface area contributed by atoms with Gasteiger partial charge in [0.15, 0.2) is 0 Å². The fourth-order valence-corrected chi connectivity index (χ4v) is 4.63. The van der Waals surface area contributed by atoms with Crippen molar-refractivity contribution in [1.82, 2.24) is 0 Å². The second-order valence-corrected chi connectivity index (χ2v) is 9.11. The SMILES string of the molecule is COc1ccc(S(=O)(=O)Nc2cc(N=NC(=O)c3ccccc3O)c(O)c3c2CC=CC3)cc1. The number of allylic oxidation sites excluding steroid dienone is 2. The molecule has 3 aromatic carbocycles. The number of azo groups is 1. The lowest BCUT2D eigenvalue weighted by molar-refractivity contribution is 0.0992. The third-order valence-corrected chi connectivity index (χ3v) is 6.69. The number of phenolic OH excluding ortho intramolecular Hbond substituents is 2. The highest BCUT2D eigenvalue weighted by Crippen LogP contribution is 2.41. The number of methoxy groups -OCH3 is 1. The Hall–Kier alpha value is -4.18. The highest BCUT2D eigenvalue weighted by molar-refractivity contribution is 7.92. The number of aromatic hydroxyl groups is 2. The lowest BCUT2D eigenvalue weighted by atomic mass is 9.93. The maximum absolute atomic E-state index is 13.0. The quantitative estimate of drug-likeness (QED) is 0.271. The molecule has 0 spiro atoms. The van der Waals surface area contributed by atoms with Crippen LogP contribution >= 0.6 is 0 Å². The Bertz CT molecular complexity index is 1410. The van der Waals surface area contributed by atoms with Gasteiger partial charge >= 0.3 is 0 Å². The summed E-state index contributed by atoms with van der Waals surface area (Å²) in [5.41, 5.74) is 1.18. The zero-order valence-corrected chi connectivity index (χ0v) is 18.9. The summed E-state index contributed by atoms with van der Waals surface area (Å²) in [5.74, 6) is -0.738. The molecule has 0 saturated carbocycles.